The Kier molecular flexibility index (Phi) is 4.83. The number of carbonyl (C=O) groups excluding carboxylic acids is 1. The number of rotatable bonds is 5. The first kappa shape index (κ1) is 12.6. The van der Waals surface area contributed by atoms with Crippen molar-refractivity contribution in [3.05, 3.63) is 29.7 Å². The zero-order valence-electron chi connectivity index (χ0n) is 10.1. The first-order valence-electron chi connectivity index (χ1n) is 5.70. The summed E-state index contributed by atoms with van der Waals surface area (Å²) in [6, 6.07) is 3.98. The summed E-state index contributed by atoms with van der Waals surface area (Å²) in [6.45, 7) is 6.00. The summed E-state index contributed by atoms with van der Waals surface area (Å²) in [5.74, 6) is 1.49. The number of amides is 1. The van der Waals surface area contributed by atoms with Crippen molar-refractivity contribution in [1.82, 2.24) is 5.32 Å². The second-order valence-corrected chi connectivity index (χ2v) is 3.80. The maximum atomic E-state index is 11.5. The van der Waals surface area contributed by atoms with E-state index in [4.69, 9.17) is 4.42 Å². The van der Waals surface area contributed by atoms with Crippen LogP contribution < -0.4 is 5.32 Å². The molecular weight excluding hydrogens is 202 g/mol. The van der Waals surface area contributed by atoms with Gasteiger partial charge in [-0.25, -0.2) is 0 Å². The third-order valence-corrected chi connectivity index (χ3v) is 2.49. The Balaban J connectivity index is 2.48. The normalized spacial score (nSPS) is 11.2. The van der Waals surface area contributed by atoms with Gasteiger partial charge in [0.1, 0.15) is 11.5 Å². The highest BCUT2D eigenvalue weighted by Gasteiger charge is 2.05. The minimum absolute atomic E-state index is 0.0669. The molecule has 1 amide bonds. The van der Waals surface area contributed by atoms with Crippen molar-refractivity contribution in [2.24, 2.45) is 0 Å². The van der Waals surface area contributed by atoms with Crippen LogP contribution in [0.3, 0.4) is 0 Å². The maximum Gasteiger partial charge on any atom is 0.244 e. The topological polar surface area (TPSA) is 42.2 Å². The Morgan fingerprint density at radius 3 is 2.62 bits per heavy atom. The molecule has 0 aliphatic rings. The molecule has 1 N–H and O–H groups in total. The smallest absolute Gasteiger partial charge is 0.244 e. The Hall–Kier alpha value is -1.51. The van der Waals surface area contributed by atoms with Gasteiger partial charge in [-0.05, 0) is 38.0 Å². The number of aryl methyl sites for hydroxylation is 1. The first-order chi connectivity index (χ1) is 7.65. The molecule has 3 nitrogen and oxygen atoms in total. The summed E-state index contributed by atoms with van der Waals surface area (Å²) in [6.07, 6.45) is 5.10. The highest BCUT2D eigenvalue weighted by atomic mass is 16.3. The van der Waals surface area contributed by atoms with Crippen LogP contribution >= 0.6 is 0 Å². The van der Waals surface area contributed by atoms with Gasteiger partial charge < -0.3 is 9.73 Å². The largest absolute Gasteiger partial charge is 0.462 e. The molecule has 0 bridgehead atoms. The highest BCUT2D eigenvalue weighted by molar-refractivity contribution is 5.91. The molecule has 0 aromatic carbocycles. The van der Waals surface area contributed by atoms with E-state index in [1.807, 2.05) is 19.1 Å². The zero-order valence-corrected chi connectivity index (χ0v) is 10.1. The lowest BCUT2D eigenvalue weighted by Gasteiger charge is -2.12. The quantitative estimate of drug-likeness (QED) is 0.777. The molecule has 0 aliphatic heterocycles. The van der Waals surface area contributed by atoms with Gasteiger partial charge in [-0.2, -0.15) is 0 Å². The molecule has 0 radical (unpaired) electrons. The molecule has 0 saturated heterocycles. The van der Waals surface area contributed by atoms with Crippen molar-refractivity contribution in [1.29, 1.82) is 0 Å². The second kappa shape index (κ2) is 6.16. The van der Waals surface area contributed by atoms with Gasteiger partial charge in [-0.3, -0.25) is 4.79 Å². The van der Waals surface area contributed by atoms with Gasteiger partial charge in [0, 0.05) is 12.1 Å². The summed E-state index contributed by atoms with van der Waals surface area (Å²) in [4.78, 5) is 11.5. The predicted octanol–water partition coefficient (Wildman–Crippen LogP) is 2.91. The van der Waals surface area contributed by atoms with Crippen molar-refractivity contribution in [2.45, 2.75) is 39.7 Å². The molecule has 0 saturated carbocycles. The van der Waals surface area contributed by atoms with Gasteiger partial charge in [-0.1, -0.05) is 13.8 Å². The Bertz CT molecular complexity index is 362. The second-order valence-electron chi connectivity index (χ2n) is 3.80. The van der Waals surface area contributed by atoms with E-state index >= 15 is 0 Å². The molecule has 1 aromatic heterocycles. The molecule has 88 valence electrons. The van der Waals surface area contributed by atoms with E-state index in [0.717, 1.165) is 18.6 Å². The van der Waals surface area contributed by atoms with Crippen LogP contribution in [0.5, 0.6) is 0 Å². The van der Waals surface area contributed by atoms with Crippen LogP contribution in [0.1, 0.15) is 38.2 Å². The molecular formula is C13H19NO2. The van der Waals surface area contributed by atoms with Gasteiger partial charge in [0.15, 0.2) is 0 Å². The van der Waals surface area contributed by atoms with Gasteiger partial charge in [0.25, 0.3) is 0 Å². The summed E-state index contributed by atoms with van der Waals surface area (Å²) in [7, 11) is 0. The Labute approximate surface area is 96.5 Å². The SMILES string of the molecule is CCC(CC)NC(=O)/C=C/c1ccc(C)o1. The van der Waals surface area contributed by atoms with E-state index in [9.17, 15) is 4.79 Å². The highest BCUT2D eigenvalue weighted by Crippen LogP contribution is 2.07. The predicted molar refractivity (Wildman–Crippen MR) is 65.0 cm³/mol. The van der Waals surface area contributed by atoms with Crippen molar-refractivity contribution in [3.63, 3.8) is 0 Å². The average Bonchev–Trinajstić information content (AvgIpc) is 2.69. The number of hydrogen-bond donors (Lipinski definition) is 1. The summed E-state index contributed by atoms with van der Waals surface area (Å²) >= 11 is 0. The molecule has 0 atom stereocenters. The molecule has 1 aromatic rings. The van der Waals surface area contributed by atoms with Crippen LogP contribution in [-0.4, -0.2) is 11.9 Å². The third-order valence-electron chi connectivity index (χ3n) is 2.49. The van der Waals surface area contributed by atoms with E-state index in [-0.39, 0.29) is 11.9 Å². The van der Waals surface area contributed by atoms with Crippen LogP contribution in [0, 0.1) is 6.92 Å². The number of nitrogens with one attached hydrogen (secondary N) is 1. The van der Waals surface area contributed by atoms with E-state index in [0.29, 0.717) is 5.76 Å². The Morgan fingerprint density at radius 2 is 2.12 bits per heavy atom. The average molecular weight is 221 g/mol. The first-order valence-corrected chi connectivity index (χ1v) is 5.70. The number of carbonyl (C=O) groups is 1. The summed E-state index contributed by atoms with van der Waals surface area (Å²) < 4.78 is 5.32. The fourth-order valence-electron chi connectivity index (χ4n) is 1.44. The minimum atomic E-state index is -0.0669. The van der Waals surface area contributed by atoms with Crippen LogP contribution in [0.4, 0.5) is 0 Å². The van der Waals surface area contributed by atoms with E-state index in [2.05, 4.69) is 19.2 Å². The Morgan fingerprint density at radius 1 is 1.44 bits per heavy atom. The molecule has 1 heterocycles. The monoisotopic (exact) mass is 221 g/mol. The molecule has 0 spiro atoms. The van der Waals surface area contributed by atoms with E-state index in [1.165, 1.54) is 6.08 Å². The van der Waals surface area contributed by atoms with Crippen LogP contribution in [-0.2, 0) is 4.79 Å². The van der Waals surface area contributed by atoms with E-state index < -0.39 is 0 Å². The van der Waals surface area contributed by atoms with Gasteiger partial charge in [0.2, 0.25) is 5.91 Å². The van der Waals surface area contributed by atoms with Gasteiger partial charge >= 0.3 is 0 Å². The fraction of sp³-hybridized carbons (Fsp3) is 0.462. The molecule has 1 rings (SSSR count). The fourth-order valence-corrected chi connectivity index (χ4v) is 1.44. The summed E-state index contributed by atoms with van der Waals surface area (Å²) in [5.41, 5.74) is 0. The lowest BCUT2D eigenvalue weighted by atomic mass is 10.2. The number of hydrogen-bond acceptors (Lipinski definition) is 2. The molecule has 0 aliphatic carbocycles. The van der Waals surface area contributed by atoms with Crippen molar-refractivity contribution < 1.29 is 9.21 Å². The van der Waals surface area contributed by atoms with Crippen LogP contribution in [0.25, 0.3) is 6.08 Å². The number of furan rings is 1. The van der Waals surface area contributed by atoms with Gasteiger partial charge in [-0.15, -0.1) is 0 Å². The van der Waals surface area contributed by atoms with Gasteiger partial charge in [0.05, 0.1) is 0 Å². The van der Waals surface area contributed by atoms with Crippen molar-refractivity contribution >= 4 is 12.0 Å². The minimum Gasteiger partial charge on any atom is -0.462 e. The maximum absolute atomic E-state index is 11.5. The van der Waals surface area contributed by atoms with Crippen LogP contribution in [0.2, 0.25) is 0 Å². The standard InChI is InChI=1S/C13H19NO2/c1-4-11(5-2)14-13(15)9-8-12-7-6-10(3)16-12/h6-9,11H,4-5H2,1-3H3,(H,14,15)/b9-8+. The van der Waals surface area contributed by atoms with Crippen molar-refractivity contribution in [3.8, 4) is 0 Å². The molecule has 16 heavy (non-hydrogen) atoms. The molecule has 0 fully saturated rings. The molecule has 3 heteroatoms. The lowest BCUT2D eigenvalue weighted by Crippen LogP contribution is -2.32. The van der Waals surface area contributed by atoms with Crippen LogP contribution in [0.15, 0.2) is 22.6 Å². The third kappa shape index (κ3) is 3.93. The molecule has 0 unspecified atom stereocenters. The lowest BCUT2D eigenvalue weighted by molar-refractivity contribution is -0.117. The van der Waals surface area contributed by atoms with E-state index in [1.54, 1.807) is 6.08 Å². The zero-order chi connectivity index (χ0) is 12.0. The summed E-state index contributed by atoms with van der Waals surface area (Å²) in [5, 5.41) is 2.93. The van der Waals surface area contributed by atoms with Crippen molar-refractivity contribution in [2.75, 3.05) is 0 Å².